The molecule has 0 spiro atoms. The van der Waals surface area contributed by atoms with Crippen LogP contribution in [0.25, 0.3) is 0 Å². The van der Waals surface area contributed by atoms with Crippen LogP contribution in [0.5, 0.6) is 5.75 Å². The summed E-state index contributed by atoms with van der Waals surface area (Å²) in [6.45, 7) is 3.19. The molecule has 1 aromatic carbocycles. The number of anilines is 1. The summed E-state index contributed by atoms with van der Waals surface area (Å²) in [5.74, 6) is 2.75. The average Bonchev–Trinajstić information content (AvgIpc) is 3.54. The van der Waals surface area contributed by atoms with Gasteiger partial charge in [-0.2, -0.15) is 0 Å². The molecular weight excluding hydrogens is 539 g/mol. The zero-order valence-corrected chi connectivity index (χ0v) is 23.2. The number of aromatic nitrogens is 2. The summed E-state index contributed by atoms with van der Waals surface area (Å²) < 4.78 is 20.7. The van der Waals surface area contributed by atoms with Gasteiger partial charge in [-0.1, -0.05) is 17.7 Å². The van der Waals surface area contributed by atoms with Crippen LogP contribution < -0.4 is 9.64 Å². The van der Waals surface area contributed by atoms with E-state index in [4.69, 9.17) is 16.3 Å². The van der Waals surface area contributed by atoms with Gasteiger partial charge in [0.25, 0.3) is 0 Å². The molecule has 39 heavy (non-hydrogen) atoms. The Balaban J connectivity index is 0.929. The highest BCUT2D eigenvalue weighted by molar-refractivity contribution is 7.10. The minimum absolute atomic E-state index is 0.0355. The molecule has 3 aliphatic rings. The molecule has 6 rings (SSSR count). The number of benzene rings is 1. The molecule has 10 heteroatoms. The Kier molecular flexibility index (Phi) is 7.73. The fraction of sp³-hybridized carbons (Fsp3) is 0.483. The molecule has 3 atom stereocenters. The van der Waals surface area contributed by atoms with Gasteiger partial charge in [0, 0.05) is 24.0 Å². The van der Waals surface area contributed by atoms with Crippen molar-refractivity contribution in [3.63, 3.8) is 0 Å². The van der Waals surface area contributed by atoms with Crippen molar-refractivity contribution in [3.8, 4) is 5.75 Å². The van der Waals surface area contributed by atoms with Gasteiger partial charge >= 0.3 is 0 Å². The predicted octanol–water partition coefficient (Wildman–Crippen LogP) is 5.27. The smallest absolute Gasteiger partial charge is 0.227 e. The Labute approximate surface area is 236 Å². The third-order valence-corrected chi connectivity index (χ3v) is 9.47. The van der Waals surface area contributed by atoms with Crippen molar-refractivity contribution in [3.05, 3.63) is 68.9 Å². The number of thiophene rings is 1. The summed E-state index contributed by atoms with van der Waals surface area (Å²) in [7, 11) is 0. The molecule has 2 aromatic heterocycles. The first-order chi connectivity index (χ1) is 18.9. The predicted molar refractivity (Wildman–Crippen MR) is 148 cm³/mol. The topological polar surface area (TPSA) is 78.8 Å². The van der Waals surface area contributed by atoms with E-state index in [2.05, 4.69) is 14.9 Å². The average molecular weight is 571 g/mol. The van der Waals surface area contributed by atoms with Gasteiger partial charge in [0.2, 0.25) is 11.9 Å². The molecule has 0 bridgehead atoms. The molecule has 7 nitrogen and oxygen atoms in total. The standard InChI is InChI=1S/C29H32ClFN4O3S/c30-21-14-32-29(33-15-21)34-7-3-18(4-8-34)24-11-19(24)5-9-38-22-2-1-20(25(31)13-22)12-28(37)35-16-26(36)23-6-10-39-27(23)17-35/h1-2,6,10,13-15,18-19,24,26,36H,3-5,7-9,11-12,16-17H2/t19-,24-,26?/m1/s1. The van der Waals surface area contributed by atoms with Crippen LogP contribution in [0.3, 0.4) is 0 Å². The van der Waals surface area contributed by atoms with Crippen LogP contribution in [-0.4, -0.2) is 52.1 Å². The Morgan fingerprint density at radius 2 is 2.00 bits per heavy atom. The van der Waals surface area contributed by atoms with Crippen molar-refractivity contribution in [1.29, 1.82) is 0 Å². The molecule has 4 heterocycles. The molecule has 206 valence electrons. The van der Waals surface area contributed by atoms with Gasteiger partial charge in [-0.3, -0.25) is 4.79 Å². The maximum atomic E-state index is 14.8. The van der Waals surface area contributed by atoms with Gasteiger partial charge in [-0.15, -0.1) is 11.3 Å². The quantitative estimate of drug-likeness (QED) is 0.397. The first-order valence-corrected chi connectivity index (χ1v) is 14.9. The van der Waals surface area contributed by atoms with Gasteiger partial charge in [-0.25, -0.2) is 14.4 Å². The lowest BCUT2D eigenvalue weighted by atomic mass is 9.90. The van der Waals surface area contributed by atoms with Crippen LogP contribution in [0.1, 0.15) is 47.8 Å². The van der Waals surface area contributed by atoms with Crippen molar-refractivity contribution in [2.75, 3.05) is 31.1 Å². The van der Waals surface area contributed by atoms with E-state index >= 15 is 0 Å². The highest BCUT2D eigenvalue weighted by Crippen LogP contribution is 2.50. The summed E-state index contributed by atoms with van der Waals surface area (Å²) in [5, 5.41) is 12.8. The van der Waals surface area contributed by atoms with Crippen LogP contribution in [-0.2, 0) is 17.8 Å². The number of carbonyl (C=O) groups excluding carboxylic acids is 1. The maximum Gasteiger partial charge on any atom is 0.227 e. The Bertz CT molecular complexity index is 1310. The summed E-state index contributed by atoms with van der Waals surface area (Å²) in [4.78, 5) is 26.3. The van der Waals surface area contributed by atoms with Crippen LogP contribution in [0.4, 0.5) is 10.3 Å². The van der Waals surface area contributed by atoms with Crippen LogP contribution in [0.2, 0.25) is 5.02 Å². The minimum Gasteiger partial charge on any atom is -0.493 e. The molecule has 1 amide bonds. The molecule has 2 aliphatic heterocycles. The molecule has 0 radical (unpaired) electrons. The third-order valence-electron chi connectivity index (χ3n) is 8.35. The van der Waals surface area contributed by atoms with Crippen LogP contribution in [0.15, 0.2) is 42.0 Å². The zero-order chi connectivity index (χ0) is 26.9. The number of β-amino-alcohol motifs (C(OH)–C–C–N with tert-alkyl or cyclic N) is 1. The lowest BCUT2D eigenvalue weighted by Crippen LogP contribution is -2.38. The Morgan fingerprint density at radius 1 is 1.21 bits per heavy atom. The summed E-state index contributed by atoms with van der Waals surface area (Å²) in [6, 6.07) is 6.66. The van der Waals surface area contributed by atoms with Gasteiger partial charge in [0.05, 0.1) is 49.6 Å². The number of hydrogen-bond donors (Lipinski definition) is 1. The Morgan fingerprint density at radius 3 is 2.77 bits per heavy atom. The van der Waals surface area contributed by atoms with Crippen molar-refractivity contribution >= 4 is 34.8 Å². The molecule has 1 saturated carbocycles. The third kappa shape index (κ3) is 6.05. The number of fused-ring (bicyclic) bond motifs is 1. The van der Waals surface area contributed by atoms with E-state index in [1.54, 1.807) is 29.4 Å². The number of nitrogens with zero attached hydrogens (tertiary/aromatic N) is 4. The van der Waals surface area contributed by atoms with Gasteiger partial charge < -0.3 is 19.6 Å². The number of aliphatic hydroxyl groups excluding tert-OH is 1. The molecule has 1 N–H and O–H groups in total. The minimum atomic E-state index is -0.688. The number of hydrogen-bond acceptors (Lipinski definition) is 7. The summed E-state index contributed by atoms with van der Waals surface area (Å²) >= 11 is 7.43. The first kappa shape index (κ1) is 26.5. The van der Waals surface area contributed by atoms with Crippen LogP contribution >= 0.6 is 22.9 Å². The van der Waals surface area contributed by atoms with Gasteiger partial charge in [0.15, 0.2) is 0 Å². The maximum absolute atomic E-state index is 14.8. The molecule has 1 saturated heterocycles. The number of piperidine rings is 1. The van der Waals surface area contributed by atoms with E-state index in [1.807, 2.05) is 11.4 Å². The highest BCUT2D eigenvalue weighted by Gasteiger charge is 2.43. The lowest BCUT2D eigenvalue weighted by molar-refractivity contribution is -0.133. The zero-order valence-electron chi connectivity index (χ0n) is 21.6. The highest BCUT2D eigenvalue weighted by atomic mass is 35.5. The van der Waals surface area contributed by atoms with E-state index in [9.17, 15) is 14.3 Å². The fourth-order valence-electron chi connectivity index (χ4n) is 6.05. The van der Waals surface area contributed by atoms with Crippen LogP contribution in [0, 0.1) is 23.6 Å². The molecule has 3 aromatic rings. The van der Waals surface area contributed by atoms with E-state index in [1.165, 1.54) is 23.8 Å². The largest absolute Gasteiger partial charge is 0.493 e. The molecular formula is C29H32ClFN4O3S. The molecule has 2 fully saturated rings. The molecule has 1 unspecified atom stereocenters. The monoisotopic (exact) mass is 570 g/mol. The second kappa shape index (κ2) is 11.4. The lowest BCUT2D eigenvalue weighted by Gasteiger charge is -2.32. The van der Waals surface area contributed by atoms with Crippen molar-refractivity contribution < 1.29 is 19.0 Å². The number of ether oxygens (including phenoxy) is 1. The number of rotatable bonds is 8. The van der Waals surface area contributed by atoms with E-state index in [0.717, 1.165) is 60.6 Å². The van der Waals surface area contributed by atoms with Crippen molar-refractivity contribution in [1.82, 2.24) is 14.9 Å². The van der Waals surface area contributed by atoms with E-state index in [-0.39, 0.29) is 18.9 Å². The fourth-order valence-corrected chi connectivity index (χ4v) is 7.10. The number of aliphatic hydroxyl groups is 1. The number of amides is 1. The van der Waals surface area contributed by atoms with Crippen molar-refractivity contribution in [2.24, 2.45) is 17.8 Å². The second-order valence-corrected chi connectivity index (χ2v) is 12.3. The SMILES string of the molecule is O=C(Cc1ccc(OCC[C@@H]2C[C@@H]2C2CCN(c3ncc(Cl)cn3)CC2)cc1F)N1Cc2sccc2C(O)C1. The number of carbonyl (C=O) groups is 1. The van der Waals surface area contributed by atoms with Gasteiger partial charge in [-0.05, 0) is 72.1 Å². The van der Waals surface area contributed by atoms with Gasteiger partial charge in [0.1, 0.15) is 11.6 Å². The second-order valence-electron chi connectivity index (χ2n) is 10.8. The summed E-state index contributed by atoms with van der Waals surface area (Å²) in [6.07, 6.45) is 7.06. The number of halogens is 2. The Hall–Kier alpha value is -2.75. The normalized spacial score (nSPS) is 23.0. The summed E-state index contributed by atoms with van der Waals surface area (Å²) in [5.41, 5.74) is 1.24. The van der Waals surface area contributed by atoms with E-state index in [0.29, 0.717) is 35.4 Å². The van der Waals surface area contributed by atoms with Crippen molar-refractivity contribution in [2.45, 2.75) is 44.8 Å². The molecule has 1 aliphatic carbocycles. The first-order valence-electron chi connectivity index (χ1n) is 13.6. The van der Waals surface area contributed by atoms with E-state index < -0.39 is 11.9 Å².